The number of anilines is 1. The Hall–Kier alpha value is -1.48. The van der Waals surface area contributed by atoms with E-state index in [2.05, 4.69) is 28.2 Å². The predicted molar refractivity (Wildman–Crippen MR) is 79.3 cm³/mol. The summed E-state index contributed by atoms with van der Waals surface area (Å²) in [5, 5.41) is 1.33. The second-order valence-corrected chi connectivity index (χ2v) is 6.10. The summed E-state index contributed by atoms with van der Waals surface area (Å²) in [7, 11) is 0. The molecule has 3 heterocycles. The lowest BCUT2D eigenvalue weighted by molar-refractivity contribution is 0.181. The minimum Gasteiger partial charge on any atom is -0.399 e. The average Bonchev–Trinajstić information content (AvgIpc) is 3.03. The highest BCUT2D eigenvalue weighted by Gasteiger charge is 2.32. The Morgan fingerprint density at radius 2 is 2.16 bits per heavy atom. The molecule has 0 bridgehead atoms. The maximum absolute atomic E-state index is 5.94. The van der Waals surface area contributed by atoms with Crippen LogP contribution in [-0.2, 0) is 0 Å². The summed E-state index contributed by atoms with van der Waals surface area (Å²) < 4.78 is 0. The molecule has 2 saturated heterocycles. The first kappa shape index (κ1) is 11.4. The Labute approximate surface area is 113 Å². The molecule has 19 heavy (non-hydrogen) atoms. The third-order valence-electron chi connectivity index (χ3n) is 5.00. The van der Waals surface area contributed by atoms with Gasteiger partial charge in [-0.2, -0.15) is 0 Å². The van der Waals surface area contributed by atoms with Crippen molar-refractivity contribution in [2.24, 2.45) is 0 Å². The molecule has 0 aliphatic carbocycles. The highest BCUT2D eigenvalue weighted by molar-refractivity contribution is 5.86. The first-order valence-electron chi connectivity index (χ1n) is 7.42. The Bertz CT molecular complexity index is 601. The van der Waals surface area contributed by atoms with Crippen LogP contribution in [0, 0.1) is 0 Å². The second-order valence-electron chi connectivity index (χ2n) is 6.10. The zero-order valence-electron chi connectivity index (χ0n) is 11.2. The van der Waals surface area contributed by atoms with Gasteiger partial charge in [-0.1, -0.05) is 0 Å². The molecule has 0 spiro atoms. The molecule has 2 aliphatic rings. The van der Waals surface area contributed by atoms with Crippen molar-refractivity contribution in [2.45, 2.75) is 37.6 Å². The van der Waals surface area contributed by atoms with Gasteiger partial charge in [0.25, 0.3) is 0 Å². The quantitative estimate of drug-likeness (QED) is 0.769. The molecule has 3 nitrogen and oxygen atoms in total. The molecule has 2 aliphatic heterocycles. The first-order chi connectivity index (χ1) is 9.31. The van der Waals surface area contributed by atoms with E-state index in [1.54, 1.807) is 0 Å². The maximum Gasteiger partial charge on any atom is 0.0458 e. The SMILES string of the molecule is Nc1ccc2[nH]cc(C3CCN4CCCC4C3)c2c1. The van der Waals surface area contributed by atoms with Crippen molar-refractivity contribution in [3.05, 3.63) is 30.0 Å². The maximum atomic E-state index is 5.94. The number of nitrogen functional groups attached to an aromatic ring is 1. The van der Waals surface area contributed by atoms with Gasteiger partial charge < -0.3 is 15.6 Å². The molecule has 0 amide bonds. The van der Waals surface area contributed by atoms with Gasteiger partial charge in [0.1, 0.15) is 0 Å². The summed E-state index contributed by atoms with van der Waals surface area (Å²) in [6.45, 7) is 2.59. The van der Waals surface area contributed by atoms with E-state index >= 15 is 0 Å². The number of hydrogen-bond donors (Lipinski definition) is 2. The molecule has 4 rings (SSSR count). The Balaban J connectivity index is 1.68. The fraction of sp³-hybridized carbons (Fsp3) is 0.500. The highest BCUT2D eigenvalue weighted by atomic mass is 15.2. The molecule has 0 saturated carbocycles. The molecule has 2 atom stereocenters. The van der Waals surface area contributed by atoms with Crippen molar-refractivity contribution in [1.82, 2.24) is 9.88 Å². The fourth-order valence-electron chi connectivity index (χ4n) is 4.00. The van der Waals surface area contributed by atoms with Gasteiger partial charge in [0, 0.05) is 28.8 Å². The summed E-state index contributed by atoms with van der Waals surface area (Å²) in [6.07, 6.45) is 7.60. The number of benzene rings is 1. The van der Waals surface area contributed by atoms with Gasteiger partial charge in [0.2, 0.25) is 0 Å². The van der Waals surface area contributed by atoms with Crippen molar-refractivity contribution in [3.63, 3.8) is 0 Å². The van der Waals surface area contributed by atoms with Gasteiger partial charge >= 0.3 is 0 Å². The Morgan fingerprint density at radius 1 is 1.21 bits per heavy atom. The van der Waals surface area contributed by atoms with Crippen LogP contribution in [-0.4, -0.2) is 29.0 Å². The molecule has 100 valence electrons. The third-order valence-corrected chi connectivity index (χ3v) is 5.00. The molecule has 2 fully saturated rings. The lowest BCUT2D eigenvalue weighted by atomic mass is 9.85. The van der Waals surface area contributed by atoms with Crippen molar-refractivity contribution in [2.75, 3.05) is 18.8 Å². The van der Waals surface area contributed by atoms with Crippen LogP contribution in [0.3, 0.4) is 0 Å². The molecule has 2 unspecified atom stereocenters. The average molecular weight is 255 g/mol. The van der Waals surface area contributed by atoms with Crippen LogP contribution < -0.4 is 5.73 Å². The standard InChI is InChI=1S/C16H21N3/c17-12-3-4-16-14(9-12)15(10-18-16)11-5-7-19-6-1-2-13(19)8-11/h3-4,9-11,13,18H,1-2,5-8,17H2. The smallest absolute Gasteiger partial charge is 0.0458 e. The van der Waals surface area contributed by atoms with E-state index in [0.717, 1.165) is 11.7 Å². The first-order valence-corrected chi connectivity index (χ1v) is 7.42. The number of nitrogens with one attached hydrogen (secondary N) is 1. The van der Waals surface area contributed by atoms with Crippen LogP contribution in [0.2, 0.25) is 0 Å². The van der Waals surface area contributed by atoms with Crippen LogP contribution in [0.5, 0.6) is 0 Å². The summed E-state index contributed by atoms with van der Waals surface area (Å²) in [6, 6.07) is 7.02. The van der Waals surface area contributed by atoms with Crippen LogP contribution in [0.25, 0.3) is 10.9 Å². The van der Waals surface area contributed by atoms with Crippen molar-refractivity contribution >= 4 is 16.6 Å². The molecular formula is C16H21N3. The zero-order valence-corrected chi connectivity index (χ0v) is 11.2. The van der Waals surface area contributed by atoms with E-state index in [1.165, 1.54) is 55.2 Å². The van der Waals surface area contributed by atoms with Crippen LogP contribution >= 0.6 is 0 Å². The molecule has 3 N–H and O–H groups in total. The number of H-pyrrole nitrogens is 1. The molecule has 0 radical (unpaired) electrons. The molecule has 1 aromatic heterocycles. The fourth-order valence-corrected chi connectivity index (χ4v) is 4.00. The van der Waals surface area contributed by atoms with Gasteiger partial charge in [0.15, 0.2) is 0 Å². The van der Waals surface area contributed by atoms with Crippen molar-refractivity contribution < 1.29 is 0 Å². The Kier molecular flexibility index (Phi) is 2.55. The van der Waals surface area contributed by atoms with E-state index in [4.69, 9.17) is 5.73 Å². The minimum absolute atomic E-state index is 0.704. The van der Waals surface area contributed by atoms with Crippen molar-refractivity contribution in [1.29, 1.82) is 0 Å². The summed E-state index contributed by atoms with van der Waals surface area (Å²) in [5.74, 6) is 0.704. The minimum atomic E-state index is 0.704. The third kappa shape index (κ3) is 1.84. The van der Waals surface area contributed by atoms with Gasteiger partial charge in [-0.15, -0.1) is 0 Å². The van der Waals surface area contributed by atoms with Gasteiger partial charge in [-0.25, -0.2) is 0 Å². The normalized spacial score (nSPS) is 27.8. The van der Waals surface area contributed by atoms with E-state index in [-0.39, 0.29) is 0 Å². The largest absolute Gasteiger partial charge is 0.399 e. The zero-order chi connectivity index (χ0) is 12.8. The summed E-state index contributed by atoms with van der Waals surface area (Å²) in [4.78, 5) is 6.08. The number of rotatable bonds is 1. The highest BCUT2D eigenvalue weighted by Crippen LogP contribution is 2.39. The van der Waals surface area contributed by atoms with Gasteiger partial charge in [0.05, 0.1) is 0 Å². The molecular weight excluding hydrogens is 234 g/mol. The number of hydrogen-bond acceptors (Lipinski definition) is 2. The molecule has 1 aromatic carbocycles. The number of piperidine rings is 1. The second kappa shape index (κ2) is 4.27. The number of fused-ring (bicyclic) bond motifs is 2. The van der Waals surface area contributed by atoms with Crippen LogP contribution in [0.1, 0.15) is 37.2 Å². The number of aromatic nitrogens is 1. The summed E-state index contributed by atoms with van der Waals surface area (Å²) >= 11 is 0. The summed E-state index contributed by atoms with van der Waals surface area (Å²) in [5.41, 5.74) is 9.51. The molecule has 2 aromatic rings. The van der Waals surface area contributed by atoms with E-state index in [1.807, 2.05) is 6.07 Å². The molecule has 3 heteroatoms. The lowest BCUT2D eigenvalue weighted by Gasteiger charge is -2.34. The van der Waals surface area contributed by atoms with E-state index < -0.39 is 0 Å². The topological polar surface area (TPSA) is 45.1 Å². The van der Waals surface area contributed by atoms with Crippen molar-refractivity contribution in [3.8, 4) is 0 Å². The van der Waals surface area contributed by atoms with Crippen LogP contribution in [0.15, 0.2) is 24.4 Å². The Morgan fingerprint density at radius 3 is 3.11 bits per heavy atom. The lowest BCUT2D eigenvalue weighted by Crippen LogP contribution is -2.37. The predicted octanol–water partition coefficient (Wildman–Crippen LogP) is 3.09. The van der Waals surface area contributed by atoms with E-state index in [9.17, 15) is 0 Å². The monoisotopic (exact) mass is 255 g/mol. The number of nitrogens with two attached hydrogens (primary N) is 1. The van der Waals surface area contributed by atoms with Crippen LogP contribution in [0.4, 0.5) is 5.69 Å². The number of aromatic amines is 1. The van der Waals surface area contributed by atoms with E-state index in [0.29, 0.717) is 5.92 Å². The van der Waals surface area contributed by atoms with Gasteiger partial charge in [-0.05, 0) is 68.5 Å². The van der Waals surface area contributed by atoms with Gasteiger partial charge in [-0.3, -0.25) is 0 Å². The number of nitrogens with zero attached hydrogens (tertiary/aromatic N) is 1.